The van der Waals surface area contributed by atoms with Crippen molar-refractivity contribution in [3.63, 3.8) is 0 Å². The lowest BCUT2D eigenvalue weighted by atomic mass is 9.99. The van der Waals surface area contributed by atoms with Gasteiger partial charge in [0, 0.05) is 24.6 Å². The van der Waals surface area contributed by atoms with Crippen LogP contribution in [0.5, 0.6) is 0 Å². The molecule has 3 aromatic rings. The fourth-order valence-electron chi connectivity index (χ4n) is 3.56. The average Bonchev–Trinajstić information content (AvgIpc) is 2.82. The number of nitrogens with one attached hydrogen (secondary N) is 1. The van der Waals surface area contributed by atoms with E-state index in [2.05, 4.69) is 10.3 Å². The number of aliphatic hydroxyl groups is 1. The van der Waals surface area contributed by atoms with E-state index in [1.165, 1.54) is 6.20 Å². The summed E-state index contributed by atoms with van der Waals surface area (Å²) in [6, 6.07) is 19.5. The Morgan fingerprint density at radius 1 is 1.13 bits per heavy atom. The number of benzene rings is 2. The number of aromatic nitrogens is 1. The molecule has 2 heterocycles. The van der Waals surface area contributed by atoms with Crippen molar-refractivity contribution in [3.8, 4) is 0 Å². The molecule has 1 aromatic heterocycles. The van der Waals surface area contributed by atoms with E-state index < -0.39 is 12.1 Å². The molecule has 0 radical (unpaired) electrons. The van der Waals surface area contributed by atoms with Crippen LogP contribution in [0, 0.1) is 0 Å². The molecule has 0 bridgehead atoms. The minimum Gasteiger partial charge on any atom is -0.386 e. The van der Waals surface area contributed by atoms with Gasteiger partial charge in [0.1, 0.15) is 12.7 Å². The smallest absolute Gasteiger partial charge is 0.257 e. The lowest BCUT2D eigenvalue weighted by Crippen LogP contribution is -2.51. The number of amides is 2. The number of aliphatic hydroxyl groups excluding tert-OH is 1. The third kappa shape index (κ3) is 4.96. The van der Waals surface area contributed by atoms with Gasteiger partial charge < -0.3 is 20.1 Å². The number of nitrogens with zero attached hydrogens (tertiary/aromatic N) is 2. The fourth-order valence-corrected chi connectivity index (χ4v) is 3.56. The van der Waals surface area contributed by atoms with Gasteiger partial charge in [-0.05, 0) is 35.4 Å². The molecular weight excluding hydrogens is 394 g/mol. The number of rotatable bonds is 6. The first-order chi connectivity index (χ1) is 15.1. The van der Waals surface area contributed by atoms with Crippen LogP contribution in [0.3, 0.4) is 0 Å². The molecule has 0 aliphatic carbocycles. The second-order valence-electron chi connectivity index (χ2n) is 7.35. The standard InChI is InChI=1S/C24H23N3O4/c28-22-16-31-15-21(27(22)14-17-5-2-1-3-6-17)23(29)18-8-10-20(11-9-18)26-24(30)19-7-4-12-25-13-19/h1-13,21,23,29H,14-16H2,(H,26,30)/t21-,23-/m1/s1. The van der Waals surface area contributed by atoms with Crippen molar-refractivity contribution in [2.24, 2.45) is 0 Å². The van der Waals surface area contributed by atoms with Crippen LogP contribution in [0.2, 0.25) is 0 Å². The van der Waals surface area contributed by atoms with Crippen LogP contribution in [-0.4, -0.2) is 46.1 Å². The molecule has 1 fully saturated rings. The highest BCUT2D eigenvalue weighted by Gasteiger charge is 2.34. The monoisotopic (exact) mass is 417 g/mol. The Bertz CT molecular complexity index is 1030. The molecule has 158 valence electrons. The van der Waals surface area contributed by atoms with Crippen molar-refractivity contribution < 1.29 is 19.4 Å². The number of hydrogen-bond acceptors (Lipinski definition) is 5. The maximum absolute atomic E-state index is 12.5. The molecule has 0 unspecified atom stereocenters. The molecule has 7 nitrogen and oxygen atoms in total. The van der Waals surface area contributed by atoms with E-state index in [-0.39, 0.29) is 25.0 Å². The van der Waals surface area contributed by atoms with Crippen LogP contribution in [0.1, 0.15) is 27.6 Å². The van der Waals surface area contributed by atoms with E-state index in [0.717, 1.165) is 5.56 Å². The van der Waals surface area contributed by atoms with E-state index in [4.69, 9.17) is 4.74 Å². The van der Waals surface area contributed by atoms with Crippen LogP contribution < -0.4 is 5.32 Å². The number of pyridine rings is 1. The van der Waals surface area contributed by atoms with E-state index in [1.807, 2.05) is 30.3 Å². The van der Waals surface area contributed by atoms with Crippen LogP contribution in [-0.2, 0) is 16.1 Å². The van der Waals surface area contributed by atoms with Gasteiger partial charge >= 0.3 is 0 Å². The molecule has 1 aliphatic rings. The Balaban J connectivity index is 1.46. The molecule has 0 saturated carbocycles. The summed E-state index contributed by atoms with van der Waals surface area (Å²) in [6.45, 7) is 0.665. The van der Waals surface area contributed by atoms with E-state index >= 15 is 0 Å². The third-order valence-corrected chi connectivity index (χ3v) is 5.23. The number of hydrogen-bond donors (Lipinski definition) is 2. The number of carbonyl (C=O) groups excluding carboxylic acids is 2. The number of ether oxygens (including phenoxy) is 1. The van der Waals surface area contributed by atoms with Gasteiger partial charge in [-0.15, -0.1) is 0 Å². The van der Waals surface area contributed by atoms with Crippen LogP contribution >= 0.6 is 0 Å². The number of carbonyl (C=O) groups is 2. The van der Waals surface area contributed by atoms with Gasteiger partial charge in [0.15, 0.2) is 0 Å². The summed E-state index contributed by atoms with van der Waals surface area (Å²) in [4.78, 5) is 30.4. The molecule has 2 atom stereocenters. The lowest BCUT2D eigenvalue weighted by Gasteiger charge is -2.38. The maximum atomic E-state index is 12.5. The van der Waals surface area contributed by atoms with Crippen molar-refractivity contribution >= 4 is 17.5 Å². The second kappa shape index (κ2) is 9.51. The molecule has 31 heavy (non-hydrogen) atoms. The molecule has 0 spiro atoms. The van der Waals surface area contributed by atoms with Crippen molar-refractivity contribution in [3.05, 3.63) is 95.8 Å². The average molecular weight is 417 g/mol. The van der Waals surface area contributed by atoms with Crippen LogP contribution in [0.4, 0.5) is 5.69 Å². The van der Waals surface area contributed by atoms with Gasteiger partial charge in [-0.2, -0.15) is 0 Å². The number of anilines is 1. The first kappa shape index (κ1) is 20.7. The molecular formula is C24H23N3O4. The number of morpholine rings is 1. The Labute approximate surface area is 180 Å². The van der Waals surface area contributed by atoms with Gasteiger partial charge in [0.05, 0.1) is 18.2 Å². The predicted octanol–water partition coefficient (Wildman–Crippen LogP) is 2.79. The normalized spacial score (nSPS) is 17.3. The zero-order chi connectivity index (χ0) is 21.6. The maximum Gasteiger partial charge on any atom is 0.257 e. The Kier molecular flexibility index (Phi) is 6.35. The van der Waals surface area contributed by atoms with E-state index in [9.17, 15) is 14.7 Å². The first-order valence-corrected chi connectivity index (χ1v) is 10.0. The minimum absolute atomic E-state index is 0.00929. The Morgan fingerprint density at radius 3 is 2.61 bits per heavy atom. The topological polar surface area (TPSA) is 91.8 Å². The zero-order valence-electron chi connectivity index (χ0n) is 16.8. The molecule has 2 N–H and O–H groups in total. The molecule has 4 rings (SSSR count). The summed E-state index contributed by atoms with van der Waals surface area (Å²) in [5.41, 5.74) is 2.69. The highest BCUT2D eigenvalue weighted by atomic mass is 16.5. The van der Waals surface area contributed by atoms with Gasteiger partial charge in [-0.25, -0.2) is 0 Å². The third-order valence-electron chi connectivity index (χ3n) is 5.23. The van der Waals surface area contributed by atoms with Crippen molar-refractivity contribution in [2.45, 2.75) is 18.7 Å². The summed E-state index contributed by atoms with van der Waals surface area (Å²) >= 11 is 0. The van der Waals surface area contributed by atoms with Gasteiger partial charge in [-0.1, -0.05) is 42.5 Å². The van der Waals surface area contributed by atoms with Gasteiger partial charge in [0.2, 0.25) is 5.91 Å². The predicted molar refractivity (Wildman–Crippen MR) is 115 cm³/mol. The summed E-state index contributed by atoms with van der Waals surface area (Å²) < 4.78 is 5.42. The zero-order valence-corrected chi connectivity index (χ0v) is 16.8. The summed E-state index contributed by atoms with van der Waals surface area (Å²) in [5.74, 6) is -0.416. The van der Waals surface area contributed by atoms with E-state index in [1.54, 1.807) is 47.5 Å². The quantitative estimate of drug-likeness (QED) is 0.644. The summed E-state index contributed by atoms with van der Waals surface area (Å²) in [6.07, 6.45) is 2.18. The summed E-state index contributed by atoms with van der Waals surface area (Å²) in [7, 11) is 0. The fraction of sp³-hybridized carbons (Fsp3) is 0.208. The van der Waals surface area contributed by atoms with Gasteiger partial charge in [-0.3, -0.25) is 14.6 Å². The Hall–Kier alpha value is -3.55. The second-order valence-corrected chi connectivity index (χ2v) is 7.35. The largest absolute Gasteiger partial charge is 0.386 e. The van der Waals surface area contributed by atoms with Crippen LogP contribution in [0.25, 0.3) is 0 Å². The lowest BCUT2D eigenvalue weighted by molar-refractivity contribution is -0.155. The summed E-state index contributed by atoms with van der Waals surface area (Å²) in [5, 5.41) is 13.8. The highest BCUT2D eigenvalue weighted by molar-refractivity contribution is 6.04. The van der Waals surface area contributed by atoms with E-state index in [0.29, 0.717) is 23.4 Å². The molecule has 1 saturated heterocycles. The minimum atomic E-state index is -0.920. The molecule has 1 aliphatic heterocycles. The molecule has 7 heteroatoms. The first-order valence-electron chi connectivity index (χ1n) is 10.0. The molecule has 2 aromatic carbocycles. The van der Waals surface area contributed by atoms with Crippen molar-refractivity contribution in [1.29, 1.82) is 0 Å². The molecule has 2 amide bonds. The van der Waals surface area contributed by atoms with Gasteiger partial charge in [0.25, 0.3) is 5.91 Å². The van der Waals surface area contributed by atoms with Crippen LogP contribution in [0.15, 0.2) is 79.1 Å². The Morgan fingerprint density at radius 2 is 1.90 bits per heavy atom. The highest BCUT2D eigenvalue weighted by Crippen LogP contribution is 2.26. The SMILES string of the molecule is O=C(Nc1ccc([C@@H](O)[C@H]2COCC(=O)N2Cc2ccccc2)cc1)c1cccnc1. The van der Waals surface area contributed by atoms with Crippen molar-refractivity contribution in [1.82, 2.24) is 9.88 Å². The van der Waals surface area contributed by atoms with Crippen molar-refractivity contribution in [2.75, 3.05) is 18.5 Å².